The topological polar surface area (TPSA) is 26.0 Å². The molecule has 0 aliphatic carbocycles. The first-order valence-corrected chi connectivity index (χ1v) is 5.23. The van der Waals surface area contributed by atoms with Crippen LogP contribution in [0, 0.1) is 5.82 Å². The van der Waals surface area contributed by atoms with Crippen molar-refractivity contribution in [2.45, 2.75) is 32.1 Å². The number of hydrogen-bond acceptors (Lipinski definition) is 1. The summed E-state index contributed by atoms with van der Waals surface area (Å²) in [6.45, 7) is 2.81. The minimum Gasteiger partial charge on any atom is -0.330 e. The molecule has 0 aliphatic rings. The van der Waals surface area contributed by atoms with Crippen LogP contribution in [0.4, 0.5) is 4.39 Å². The Morgan fingerprint density at radius 2 is 1.93 bits per heavy atom. The zero-order chi connectivity index (χ0) is 10.4. The second-order valence-corrected chi connectivity index (χ2v) is 3.63. The fraction of sp³-hybridized carbons (Fsp3) is 0.500. The summed E-state index contributed by atoms with van der Waals surface area (Å²) in [5.74, 6) is 0.204. The van der Waals surface area contributed by atoms with Gasteiger partial charge in [0.25, 0.3) is 0 Å². The van der Waals surface area contributed by atoms with Gasteiger partial charge in [0.2, 0.25) is 0 Å². The lowest BCUT2D eigenvalue weighted by Gasteiger charge is -2.14. The van der Waals surface area contributed by atoms with Crippen molar-refractivity contribution >= 4 is 0 Å². The molecule has 1 nitrogen and oxygen atoms in total. The van der Waals surface area contributed by atoms with E-state index in [1.54, 1.807) is 0 Å². The average molecular weight is 195 g/mol. The third kappa shape index (κ3) is 3.11. The molecule has 1 unspecified atom stereocenters. The lowest BCUT2D eigenvalue weighted by molar-refractivity contribution is 0.587. The molecule has 0 amide bonds. The summed E-state index contributed by atoms with van der Waals surface area (Å²) in [6.07, 6.45) is 3.45. The molecular formula is C12H18FN. The van der Waals surface area contributed by atoms with Crippen LogP contribution in [0.2, 0.25) is 0 Å². The fourth-order valence-corrected chi connectivity index (χ4v) is 1.61. The van der Waals surface area contributed by atoms with E-state index in [9.17, 15) is 4.39 Å². The van der Waals surface area contributed by atoms with Crippen molar-refractivity contribution in [3.8, 4) is 0 Å². The summed E-state index contributed by atoms with van der Waals surface area (Å²) in [5, 5.41) is 0. The van der Waals surface area contributed by atoms with Gasteiger partial charge in [-0.25, -0.2) is 4.39 Å². The standard InChI is InChI=1S/C12H18FN/c1-2-3-4-11(9-14)10-5-7-12(13)8-6-10/h5-8,11H,2-4,9,14H2,1H3. The van der Waals surface area contributed by atoms with E-state index >= 15 is 0 Å². The first kappa shape index (κ1) is 11.2. The number of rotatable bonds is 5. The van der Waals surface area contributed by atoms with E-state index in [-0.39, 0.29) is 5.82 Å². The van der Waals surface area contributed by atoms with Crippen molar-refractivity contribution < 1.29 is 4.39 Å². The van der Waals surface area contributed by atoms with Gasteiger partial charge in [-0.3, -0.25) is 0 Å². The first-order chi connectivity index (χ1) is 6.77. The van der Waals surface area contributed by atoms with Gasteiger partial charge in [-0.15, -0.1) is 0 Å². The zero-order valence-electron chi connectivity index (χ0n) is 8.67. The summed E-state index contributed by atoms with van der Waals surface area (Å²) < 4.78 is 12.7. The average Bonchev–Trinajstić information content (AvgIpc) is 2.21. The smallest absolute Gasteiger partial charge is 0.123 e. The monoisotopic (exact) mass is 195 g/mol. The molecule has 1 aromatic carbocycles. The molecule has 2 heteroatoms. The van der Waals surface area contributed by atoms with E-state index in [2.05, 4.69) is 6.92 Å². The number of unbranched alkanes of at least 4 members (excludes halogenated alkanes) is 1. The number of halogens is 1. The molecule has 0 saturated heterocycles. The maximum atomic E-state index is 12.7. The Morgan fingerprint density at radius 1 is 1.29 bits per heavy atom. The minimum atomic E-state index is -0.181. The Hall–Kier alpha value is -0.890. The van der Waals surface area contributed by atoms with Crippen LogP contribution in [-0.2, 0) is 0 Å². The zero-order valence-corrected chi connectivity index (χ0v) is 8.67. The molecule has 1 atom stereocenters. The predicted molar refractivity (Wildman–Crippen MR) is 57.7 cm³/mol. The van der Waals surface area contributed by atoms with Gasteiger partial charge in [-0.2, -0.15) is 0 Å². The molecule has 0 aliphatic heterocycles. The van der Waals surface area contributed by atoms with Gasteiger partial charge in [-0.05, 0) is 36.6 Å². The van der Waals surface area contributed by atoms with E-state index in [1.807, 2.05) is 12.1 Å². The van der Waals surface area contributed by atoms with Gasteiger partial charge < -0.3 is 5.73 Å². The van der Waals surface area contributed by atoms with Crippen LogP contribution in [0.15, 0.2) is 24.3 Å². The fourth-order valence-electron chi connectivity index (χ4n) is 1.61. The third-order valence-corrected chi connectivity index (χ3v) is 2.53. The van der Waals surface area contributed by atoms with E-state index in [4.69, 9.17) is 5.73 Å². The highest BCUT2D eigenvalue weighted by Gasteiger charge is 2.08. The summed E-state index contributed by atoms with van der Waals surface area (Å²) in [6, 6.07) is 6.68. The molecule has 14 heavy (non-hydrogen) atoms. The van der Waals surface area contributed by atoms with Crippen LogP contribution in [0.5, 0.6) is 0 Å². The van der Waals surface area contributed by atoms with Crippen LogP contribution in [-0.4, -0.2) is 6.54 Å². The van der Waals surface area contributed by atoms with Crippen molar-refractivity contribution in [3.05, 3.63) is 35.6 Å². The van der Waals surface area contributed by atoms with Gasteiger partial charge >= 0.3 is 0 Å². The first-order valence-electron chi connectivity index (χ1n) is 5.23. The van der Waals surface area contributed by atoms with Crippen LogP contribution < -0.4 is 5.73 Å². The highest BCUT2D eigenvalue weighted by molar-refractivity contribution is 5.20. The highest BCUT2D eigenvalue weighted by Crippen LogP contribution is 2.20. The summed E-state index contributed by atoms with van der Waals surface area (Å²) in [4.78, 5) is 0. The quantitative estimate of drug-likeness (QED) is 0.767. The van der Waals surface area contributed by atoms with Crippen molar-refractivity contribution in [2.75, 3.05) is 6.54 Å². The number of nitrogens with two attached hydrogens (primary N) is 1. The van der Waals surface area contributed by atoms with E-state index in [1.165, 1.54) is 25.0 Å². The number of hydrogen-bond donors (Lipinski definition) is 1. The molecule has 0 aromatic heterocycles. The number of benzene rings is 1. The van der Waals surface area contributed by atoms with Gasteiger partial charge in [0.15, 0.2) is 0 Å². The van der Waals surface area contributed by atoms with Gasteiger partial charge in [0.05, 0.1) is 0 Å². The second-order valence-electron chi connectivity index (χ2n) is 3.63. The molecule has 0 fully saturated rings. The van der Waals surface area contributed by atoms with Crippen molar-refractivity contribution in [2.24, 2.45) is 5.73 Å². The Labute approximate surface area is 85.1 Å². The van der Waals surface area contributed by atoms with Gasteiger partial charge in [-0.1, -0.05) is 31.9 Å². The molecule has 1 rings (SSSR count). The second kappa shape index (κ2) is 5.76. The van der Waals surface area contributed by atoms with Gasteiger partial charge in [0.1, 0.15) is 5.82 Å². The van der Waals surface area contributed by atoms with E-state index in [0.717, 1.165) is 12.0 Å². The molecule has 78 valence electrons. The molecule has 2 N–H and O–H groups in total. The van der Waals surface area contributed by atoms with Crippen molar-refractivity contribution in [1.82, 2.24) is 0 Å². The third-order valence-electron chi connectivity index (χ3n) is 2.53. The molecule has 1 aromatic rings. The normalized spacial score (nSPS) is 12.8. The Kier molecular flexibility index (Phi) is 4.60. The molecule has 0 saturated carbocycles. The molecule has 0 bridgehead atoms. The largest absolute Gasteiger partial charge is 0.330 e. The van der Waals surface area contributed by atoms with Crippen molar-refractivity contribution in [1.29, 1.82) is 0 Å². The highest BCUT2D eigenvalue weighted by atomic mass is 19.1. The molecule has 0 heterocycles. The minimum absolute atomic E-state index is 0.181. The van der Waals surface area contributed by atoms with Crippen LogP contribution in [0.3, 0.4) is 0 Å². The van der Waals surface area contributed by atoms with Crippen molar-refractivity contribution in [3.63, 3.8) is 0 Å². The van der Waals surface area contributed by atoms with Gasteiger partial charge in [0, 0.05) is 0 Å². The molecule has 0 spiro atoms. The Bertz CT molecular complexity index is 256. The van der Waals surface area contributed by atoms with Crippen LogP contribution in [0.1, 0.15) is 37.7 Å². The Balaban J connectivity index is 2.64. The predicted octanol–water partition coefficient (Wildman–Crippen LogP) is 3.06. The van der Waals surface area contributed by atoms with Crippen LogP contribution >= 0.6 is 0 Å². The summed E-state index contributed by atoms with van der Waals surface area (Å²) in [7, 11) is 0. The summed E-state index contributed by atoms with van der Waals surface area (Å²) >= 11 is 0. The van der Waals surface area contributed by atoms with E-state index < -0.39 is 0 Å². The maximum Gasteiger partial charge on any atom is 0.123 e. The lowest BCUT2D eigenvalue weighted by Crippen LogP contribution is -2.12. The van der Waals surface area contributed by atoms with E-state index in [0.29, 0.717) is 12.5 Å². The molecular weight excluding hydrogens is 177 g/mol. The maximum absolute atomic E-state index is 12.7. The lowest BCUT2D eigenvalue weighted by atomic mass is 9.94. The molecule has 0 radical (unpaired) electrons. The van der Waals surface area contributed by atoms with Crippen LogP contribution in [0.25, 0.3) is 0 Å². The summed E-state index contributed by atoms with van der Waals surface area (Å²) in [5.41, 5.74) is 6.84. The SMILES string of the molecule is CCCCC(CN)c1ccc(F)cc1. The Morgan fingerprint density at radius 3 is 2.43 bits per heavy atom.